The maximum Gasteiger partial charge on any atom is 0.312 e. The van der Waals surface area contributed by atoms with Crippen molar-refractivity contribution in [3.63, 3.8) is 0 Å². The third-order valence-electron chi connectivity index (χ3n) is 6.75. The fourth-order valence-electron chi connectivity index (χ4n) is 6.20. The molecule has 1 N–H and O–H groups in total. The summed E-state index contributed by atoms with van der Waals surface area (Å²) in [5.41, 5.74) is 3.76. The summed E-state index contributed by atoms with van der Waals surface area (Å²) in [7, 11) is 0. The van der Waals surface area contributed by atoms with E-state index in [1.807, 2.05) is 32.9 Å². The smallest absolute Gasteiger partial charge is 0.312 e. The van der Waals surface area contributed by atoms with Gasteiger partial charge in [0.1, 0.15) is 0 Å². The average molecular weight is 355 g/mol. The number of hydrogen-bond acceptors (Lipinski definition) is 3. The fraction of sp³-hybridized carbons (Fsp3) is 0.636. The van der Waals surface area contributed by atoms with Crippen molar-refractivity contribution < 1.29 is 14.3 Å². The van der Waals surface area contributed by atoms with E-state index in [-0.39, 0.29) is 23.9 Å². The molecule has 140 valence electrons. The second-order valence-corrected chi connectivity index (χ2v) is 9.10. The Labute approximate surface area is 155 Å². The van der Waals surface area contributed by atoms with Gasteiger partial charge in [-0.15, -0.1) is 0 Å². The number of esters is 1. The van der Waals surface area contributed by atoms with Crippen molar-refractivity contribution in [1.82, 2.24) is 0 Å². The molecule has 4 aliphatic rings. The molecule has 4 nitrogen and oxygen atoms in total. The van der Waals surface area contributed by atoms with E-state index in [1.54, 1.807) is 0 Å². The van der Waals surface area contributed by atoms with Gasteiger partial charge in [0, 0.05) is 5.69 Å². The average Bonchev–Trinajstić information content (AvgIpc) is 2.54. The second-order valence-electron chi connectivity index (χ2n) is 9.10. The number of anilines is 1. The summed E-state index contributed by atoms with van der Waals surface area (Å²) in [6.07, 6.45) is 6.78. The summed E-state index contributed by atoms with van der Waals surface area (Å²) in [5, 5.41) is 2.92. The first kappa shape index (κ1) is 17.6. The summed E-state index contributed by atoms with van der Waals surface area (Å²) in [4.78, 5) is 25.2. The molecule has 4 fully saturated rings. The molecule has 5 rings (SSSR count). The highest BCUT2D eigenvalue weighted by Crippen LogP contribution is 2.60. The van der Waals surface area contributed by atoms with E-state index in [0.29, 0.717) is 17.8 Å². The Morgan fingerprint density at radius 1 is 1.00 bits per heavy atom. The van der Waals surface area contributed by atoms with Crippen LogP contribution in [-0.4, -0.2) is 18.5 Å². The minimum absolute atomic E-state index is 0.135. The first-order valence-corrected chi connectivity index (χ1v) is 9.89. The Morgan fingerprint density at radius 3 is 2.00 bits per heavy atom. The predicted molar refractivity (Wildman–Crippen MR) is 101 cm³/mol. The van der Waals surface area contributed by atoms with Gasteiger partial charge >= 0.3 is 5.97 Å². The highest BCUT2D eigenvalue weighted by Gasteiger charge is 2.55. The third-order valence-corrected chi connectivity index (χ3v) is 6.75. The summed E-state index contributed by atoms with van der Waals surface area (Å²) < 4.78 is 5.51. The lowest BCUT2D eigenvalue weighted by molar-refractivity contribution is -0.172. The van der Waals surface area contributed by atoms with Crippen LogP contribution in [-0.2, 0) is 14.3 Å². The molecule has 4 aliphatic carbocycles. The first-order chi connectivity index (χ1) is 12.3. The number of amides is 1. The van der Waals surface area contributed by atoms with E-state index < -0.39 is 0 Å². The topological polar surface area (TPSA) is 55.4 Å². The van der Waals surface area contributed by atoms with Gasteiger partial charge in [-0.25, -0.2) is 0 Å². The lowest BCUT2D eigenvalue weighted by Gasteiger charge is -2.55. The van der Waals surface area contributed by atoms with E-state index in [1.165, 1.54) is 24.8 Å². The Morgan fingerprint density at radius 2 is 1.50 bits per heavy atom. The Balaban J connectivity index is 1.37. The summed E-state index contributed by atoms with van der Waals surface area (Å²) >= 11 is 0. The molecule has 0 heterocycles. The SMILES string of the molecule is Cc1cc(C)c(NC(=O)COC(=O)C23CC4CC(CC(C4)C2)C3)c(C)c1. The van der Waals surface area contributed by atoms with Gasteiger partial charge in [-0.05, 0) is 88.2 Å². The van der Waals surface area contributed by atoms with E-state index in [2.05, 4.69) is 5.32 Å². The molecule has 0 aromatic heterocycles. The highest BCUT2D eigenvalue weighted by molar-refractivity contribution is 5.94. The van der Waals surface area contributed by atoms with Gasteiger partial charge in [0.2, 0.25) is 0 Å². The minimum Gasteiger partial charge on any atom is -0.455 e. The molecule has 0 saturated heterocycles. The molecule has 26 heavy (non-hydrogen) atoms. The van der Waals surface area contributed by atoms with Crippen molar-refractivity contribution in [2.24, 2.45) is 23.2 Å². The van der Waals surface area contributed by atoms with Gasteiger partial charge in [0.25, 0.3) is 5.91 Å². The fourth-order valence-corrected chi connectivity index (χ4v) is 6.20. The van der Waals surface area contributed by atoms with Crippen molar-refractivity contribution in [3.8, 4) is 0 Å². The van der Waals surface area contributed by atoms with Gasteiger partial charge in [0.05, 0.1) is 5.41 Å². The van der Waals surface area contributed by atoms with Crippen LogP contribution in [0.25, 0.3) is 0 Å². The second kappa shape index (κ2) is 6.40. The van der Waals surface area contributed by atoms with Gasteiger partial charge in [0.15, 0.2) is 6.61 Å². The molecule has 1 aromatic carbocycles. The van der Waals surface area contributed by atoms with Crippen LogP contribution < -0.4 is 5.32 Å². The summed E-state index contributed by atoms with van der Waals surface area (Å²) in [6, 6.07) is 4.09. The molecule has 4 saturated carbocycles. The highest BCUT2D eigenvalue weighted by atomic mass is 16.5. The van der Waals surface area contributed by atoms with Crippen LogP contribution in [0.15, 0.2) is 12.1 Å². The van der Waals surface area contributed by atoms with Crippen LogP contribution in [0.3, 0.4) is 0 Å². The Bertz CT molecular complexity index is 693. The Kier molecular flexibility index (Phi) is 4.32. The first-order valence-electron chi connectivity index (χ1n) is 9.89. The van der Waals surface area contributed by atoms with Crippen molar-refractivity contribution in [3.05, 3.63) is 28.8 Å². The Hall–Kier alpha value is -1.84. The number of carbonyl (C=O) groups is 2. The lowest BCUT2D eigenvalue weighted by Crippen LogP contribution is -2.50. The van der Waals surface area contributed by atoms with Gasteiger partial charge in [-0.1, -0.05) is 17.7 Å². The van der Waals surface area contributed by atoms with Gasteiger partial charge in [-0.3, -0.25) is 9.59 Å². The molecule has 1 amide bonds. The van der Waals surface area contributed by atoms with Gasteiger partial charge in [-0.2, -0.15) is 0 Å². The standard InChI is InChI=1S/C22H29NO3/c1-13-4-14(2)20(15(3)5-13)23-19(24)12-26-21(25)22-9-16-6-17(10-22)8-18(7-16)11-22/h4-5,16-18H,6-12H2,1-3H3,(H,23,24). The maximum atomic E-state index is 12.8. The van der Waals surface area contributed by atoms with Crippen LogP contribution in [0, 0.1) is 43.9 Å². The van der Waals surface area contributed by atoms with Crippen molar-refractivity contribution >= 4 is 17.6 Å². The van der Waals surface area contributed by atoms with E-state index in [0.717, 1.165) is 36.1 Å². The zero-order valence-corrected chi connectivity index (χ0v) is 16.1. The minimum atomic E-state index is -0.301. The molecule has 0 unspecified atom stereocenters. The number of ether oxygens (including phenoxy) is 1. The molecule has 0 spiro atoms. The molecule has 4 bridgehead atoms. The number of hydrogen-bond donors (Lipinski definition) is 1. The van der Waals surface area contributed by atoms with Crippen molar-refractivity contribution in [1.29, 1.82) is 0 Å². The van der Waals surface area contributed by atoms with Gasteiger partial charge < -0.3 is 10.1 Å². The molecule has 0 aliphatic heterocycles. The van der Waals surface area contributed by atoms with Crippen molar-refractivity contribution in [2.75, 3.05) is 11.9 Å². The third kappa shape index (κ3) is 3.15. The van der Waals surface area contributed by atoms with E-state index in [4.69, 9.17) is 4.74 Å². The van der Waals surface area contributed by atoms with Crippen LogP contribution >= 0.6 is 0 Å². The summed E-state index contributed by atoms with van der Waals surface area (Å²) in [6.45, 7) is 5.82. The zero-order valence-electron chi connectivity index (χ0n) is 16.1. The van der Waals surface area contributed by atoms with Crippen molar-refractivity contribution in [2.45, 2.75) is 59.3 Å². The molecule has 1 aromatic rings. The number of benzene rings is 1. The van der Waals surface area contributed by atoms with E-state index >= 15 is 0 Å². The number of rotatable bonds is 4. The maximum absolute atomic E-state index is 12.8. The molecular weight excluding hydrogens is 326 g/mol. The monoisotopic (exact) mass is 355 g/mol. The number of nitrogens with one attached hydrogen (secondary N) is 1. The quantitative estimate of drug-likeness (QED) is 0.819. The van der Waals surface area contributed by atoms with E-state index in [9.17, 15) is 9.59 Å². The predicted octanol–water partition coefficient (Wildman–Crippen LogP) is 4.31. The molecule has 0 radical (unpaired) electrons. The van der Waals surface area contributed by atoms with Crippen LogP contribution in [0.1, 0.15) is 55.2 Å². The largest absolute Gasteiger partial charge is 0.455 e. The van der Waals surface area contributed by atoms with Crippen LogP contribution in [0.4, 0.5) is 5.69 Å². The van der Waals surface area contributed by atoms with Crippen LogP contribution in [0.2, 0.25) is 0 Å². The molecule has 4 heteroatoms. The number of aryl methyl sites for hydroxylation is 3. The molecule has 0 atom stereocenters. The van der Waals surface area contributed by atoms with Crippen LogP contribution in [0.5, 0.6) is 0 Å². The normalized spacial score (nSPS) is 31.7. The molecular formula is C22H29NO3. The number of carbonyl (C=O) groups excluding carboxylic acids is 2. The summed E-state index contributed by atoms with van der Waals surface area (Å²) in [5.74, 6) is 1.70. The lowest BCUT2D eigenvalue weighted by atomic mass is 9.49. The zero-order chi connectivity index (χ0) is 18.5.